The highest BCUT2D eigenvalue weighted by Gasteiger charge is 2.37. The molecule has 2 atom stereocenters. The molecule has 1 aliphatic carbocycles. The number of benzene rings is 1. The van der Waals surface area contributed by atoms with Crippen molar-refractivity contribution in [2.45, 2.75) is 50.2 Å². The second kappa shape index (κ2) is 9.36. The largest absolute Gasteiger partial charge is 0.522 e. The van der Waals surface area contributed by atoms with E-state index in [1.54, 1.807) is 18.6 Å². The molecule has 0 unspecified atom stereocenters. The van der Waals surface area contributed by atoms with Gasteiger partial charge in [0.25, 0.3) is 0 Å². The lowest BCUT2D eigenvalue weighted by Crippen LogP contribution is -2.50. The number of aromatic nitrogens is 2. The van der Waals surface area contributed by atoms with Gasteiger partial charge in [0.05, 0.1) is 36.3 Å². The van der Waals surface area contributed by atoms with Crippen molar-refractivity contribution in [1.82, 2.24) is 14.9 Å². The molecule has 174 valence electrons. The first-order valence-corrected chi connectivity index (χ1v) is 10.7. The van der Waals surface area contributed by atoms with Gasteiger partial charge in [-0.1, -0.05) is 17.7 Å². The predicted octanol–water partition coefficient (Wildman–Crippen LogP) is 4.49. The second-order valence-electron chi connectivity index (χ2n) is 8.19. The fraction of sp³-hybridized carbons (Fsp3) is 0.524. The number of nitrogens with zero attached hydrogens (tertiary/aromatic N) is 2. The Morgan fingerprint density at radius 2 is 2.09 bits per heavy atom. The Balaban J connectivity index is 1.22. The molecule has 2 aromatic rings. The van der Waals surface area contributed by atoms with Gasteiger partial charge in [-0.2, -0.15) is 0 Å². The molecule has 11 heteroatoms. The molecule has 1 amide bonds. The summed E-state index contributed by atoms with van der Waals surface area (Å²) >= 11 is 5.72. The van der Waals surface area contributed by atoms with Crippen molar-refractivity contribution < 1.29 is 31.8 Å². The van der Waals surface area contributed by atoms with Crippen molar-refractivity contribution in [1.29, 1.82) is 0 Å². The average Bonchev–Trinajstić information content (AvgIpc) is 3.21. The van der Waals surface area contributed by atoms with Crippen LogP contribution in [0.3, 0.4) is 0 Å². The zero-order valence-electron chi connectivity index (χ0n) is 16.9. The van der Waals surface area contributed by atoms with Crippen LogP contribution in [0, 0.1) is 11.7 Å². The van der Waals surface area contributed by atoms with Gasteiger partial charge in [0.2, 0.25) is 5.91 Å². The van der Waals surface area contributed by atoms with Gasteiger partial charge in [-0.05, 0) is 43.7 Å². The summed E-state index contributed by atoms with van der Waals surface area (Å²) in [4.78, 5) is 16.7. The SMILES string of the molecule is O=C(N[C@H]1C[C@H](COC(F)(F)F)C1)[C@@H]1CC[C@@H](n2cnc(-c3ccc(Cl)c(F)c3)c2)CO1. The summed E-state index contributed by atoms with van der Waals surface area (Å²) in [5, 5.41) is 2.88. The third-order valence-corrected chi connectivity index (χ3v) is 6.15. The molecule has 1 aromatic heterocycles. The van der Waals surface area contributed by atoms with Crippen LogP contribution in [0.2, 0.25) is 5.02 Å². The van der Waals surface area contributed by atoms with Crippen molar-refractivity contribution >= 4 is 17.5 Å². The quantitative estimate of drug-likeness (QED) is 0.625. The van der Waals surface area contributed by atoms with Crippen molar-refractivity contribution in [3.05, 3.63) is 41.6 Å². The Morgan fingerprint density at radius 3 is 2.75 bits per heavy atom. The van der Waals surface area contributed by atoms with Crippen LogP contribution < -0.4 is 5.32 Å². The summed E-state index contributed by atoms with van der Waals surface area (Å²) in [7, 11) is 0. The zero-order chi connectivity index (χ0) is 22.9. The Morgan fingerprint density at radius 1 is 1.31 bits per heavy atom. The molecule has 1 saturated heterocycles. The number of hydrogen-bond donors (Lipinski definition) is 1. The predicted molar refractivity (Wildman–Crippen MR) is 107 cm³/mol. The van der Waals surface area contributed by atoms with E-state index < -0.39 is 18.3 Å². The molecule has 2 aliphatic rings. The van der Waals surface area contributed by atoms with Gasteiger partial charge in [0, 0.05) is 17.8 Å². The van der Waals surface area contributed by atoms with E-state index in [9.17, 15) is 22.4 Å². The fourth-order valence-electron chi connectivity index (χ4n) is 4.02. The van der Waals surface area contributed by atoms with Crippen LogP contribution in [-0.4, -0.2) is 47.2 Å². The van der Waals surface area contributed by atoms with E-state index in [1.807, 2.05) is 4.57 Å². The number of carbonyl (C=O) groups excluding carboxylic acids is 1. The van der Waals surface area contributed by atoms with Crippen molar-refractivity contribution in [2.75, 3.05) is 13.2 Å². The highest BCUT2D eigenvalue weighted by Crippen LogP contribution is 2.31. The maximum atomic E-state index is 13.7. The van der Waals surface area contributed by atoms with E-state index >= 15 is 0 Å². The van der Waals surface area contributed by atoms with Crippen LogP contribution in [0.5, 0.6) is 0 Å². The Hall–Kier alpha value is -2.17. The van der Waals surface area contributed by atoms with Crippen LogP contribution in [0.4, 0.5) is 17.6 Å². The van der Waals surface area contributed by atoms with Gasteiger partial charge in [0.1, 0.15) is 11.9 Å². The molecular formula is C21H22ClF4N3O3. The van der Waals surface area contributed by atoms with Crippen molar-refractivity contribution in [3.63, 3.8) is 0 Å². The van der Waals surface area contributed by atoms with Gasteiger partial charge in [0.15, 0.2) is 0 Å². The highest BCUT2D eigenvalue weighted by molar-refractivity contribution is 6.30. The van der Waals surface area contributed by atoms with E-state index in [0.717, 1.165) is 0 Å². The van der Waals surface area contributed by atoms with Gasteiger partial charge in [-0.15, -0.1) is 13.2 Å². The molecule has 32 heavy (non-hydrogen) atoms. The topological polar surface area (TPSA) is 65.4 Å². The Kier molecular flexibility index (Phi) is 6.73. The average molecular weight is 476 g/mol. The van der Waals surface area contributed by atoms with Gasteiger partial charge < -0.3 is 14.6 Å². The van der Waals surface area contributed by atoms with Crippen LogP contribution in [0.25, 0.3) is 11.3 Å². The first-order chi connectivity index (χ1) is 15.2. The van der Waals surface area contributed by atoms with Gasteiger partial charge >= 0.3 is 6.36 Å². The lowest BCUT2D eigenvalue weighted by atomic mass is 9.80. The molecule has 1 N–H and O–H groups in total. The number of ether oxygens (including phenoxy) is 2. The molecule has 4 rings (SSSR count). The maximum Gasteiger partial charge on any atom is 0.522 e. The molecule has 6 nitrogen and oxygen atoms in total. The van der Waals surface area contributed by atoms with E-state index in [0.29, 0.717) is 43.5 Å². The zero-order valence-corrected chi connectivity index (χ0v) is 17.7. The number of halogens is 5. The molecule has 2 heterocycles. The van der Waals surface area contributed by atoms with Crippen LogP contribution in [0.1, 0.15) is 31.7 Å². The number of carbonyl (C=O) groups is 1. The summed E-state index contributed by atoms with van der Waals surface area (Å²) in [6.45, 7) is -0.0669. The highest BCUT2D eigenvalue weighted by atomic mass is 35.5. The van der Waals surface area contributed by atoms with Crippen LogP contribution in [-0.2, 0) is 14.3 Å². The van der Waals surface area contributed by atoms with E-state index in [2.05, 4.69) is 15.0 Å². The smallest absolute Gasteiger partial charge is 0.366 e. The molecule has 0 spiro atoms. The summed E-state index contributed by atoms with van der Waals surface area (Å²) in [6, 6.07) is 4.33. The number of hydrogen-bond acceptors (Lipinski definition) is 4. The van der Waals surface area contributed by atoms with Gasteiger partial charge in [-0.3, -0.25) is 9.53 Å². The molecule has 0 radical (unpaired) electrons. The summed E-state index contributed by atoms with van der Waals surface area (Å²) in [5.41, 5.74) is 1.22. The lowest BCUT2D eigenvalue weighted by molar-refractivity contribution is -0.330. The maximum absolute atomic E-state index is 13.7. The number of imidazole rings is 1. The van der Waals surface area contributed by atoms with Crippen molar-refractivity contribution in [3.8, 4) is 11.3 Å². The number of amides is 1. The molecule has 1 aromatic carbocycles. The van der Waals surface area contributed by atoms with E-state index in [-0.39, 0.29) is 35.5 Å². The van der Waals surface area contributed by atoms with E-state index in [4.69, 9.17) is 16.3 Å². The molecule has 1 aliphatic heterocycles. The first kappa shape index (κ1) is 23.0. The standard InChI is InChI=1S/C21H22ClF4N3O3/c22-16-3-1-13(7-17(16)23)18-8-29(11-27-18)15-2-4-19(31-10-15)20(30)28-14-5-12(6-14)9-32-21(24,25)26/h1,3,7-8,11-12,14-15,19H,2,4-6,9-10H2,(H,28,30)/t12-,14-,15-,19+/m1/s1. The molecule has 0 bridgehead atoms. The first-order valence-electron chi connectivity index (χ1n) is 10.3. The monoisotopic (exact) mass is 475 g/mol. The lowest BCUT2D eigenvalue weighted by Gasteiger charge is -2.37. The summed E-state index contributed by atoms with van der Waals surface area (Å²) in [6.07, 6.45) is 0.345. The van der Waals surface area contributed by atoms with Crippen LogP contribution in [0.15, 0.2) is 30.7 Å². The second-order valence-corrected chi connectivity index (χ2v) is 8.60. The number of rotatable bonds is 6. The summed E-state index contributed by atoms with van der Waals surface area (Å²) < 4.78 is 61.3. The van der Waals surface area contributed by atoms with Crippen molar-refractivity contribution in [2.24, 2.45) is 5.92 Å². The fourth-order valence-corrected chi connectivity index (χ4v) is 4.13. The van der Waals surface area contributed by atoms with Crippen LogP contribution >= 0.6 is 11.6 Å². The Bertz CT molecular complexity index is 954. The summed E-state index contributed by atoms with van der Waals surface area (Å²) in [5.74, 6) is -0.964. The molecule has 1 saturated carbocycles. The molecular weight excluding hydrogens is 454 g/mol. The third-order valence-electron chi connectivity index (χ3n) is 5.85. The normalized spacial score (nSPS) is 25.9. The minimum absolute atomic E-state index is 0.00922. The third kappa shape index (κ3) is 5.60. The number of nitrogens with one attached hydrogen (secondary N) is 1. The van der Waals surface area contributed by atoms with Gasteiger partial charge in [-0.25, -0.2) is 9.37 Å². The minimum Gasteiger partial charge on any atom is -0.366 e. The molecule has 2 fully saturated rings. The minimum atomic E-state index is -4.62. The van der Waals surface area contributed by atoms with E-state index in [1.165, 1.54) is 12.1 Å². The Labute approximate surface area is 186 Å². The number of alkyl halides is 3.